The van der Waals surface area contributed by atoms with Gasteiger partial charge in [-0.05, 0) is 45.4 Å². The first kappa shape index (κ1) is 27.2. The first-order valence-electron chi connectivity index (χ1n) is 13.6. The smallest absolute Gasteiger partial charge is 0.311 e. The van der Waals surface area contributed by atoms with Gasteiger partial charge in [-0.1, -0.05) is 51.5 Å². The Morgan fingerprint density at radius 1 is 1.14 bits per heavy atom. The zero-order chi connectivity index (χ0) is 26.3. The van der Waals surface area contributed by atoms with Crippen molar-refractivity contribution in [1.29, 1.82) is 0 Å². The molecule has 2 fully saturated rings. The molecule has 2 saturated heterocycles. The predicted molar refractivity (Wildman–Crippen MR) is 141 cm³/mol. The van der Waals surface area contributed by atoms with Crippen molar-refractivity contribution in [3.05, 3.63) is 24.3 Å². The molecule has 0 saturated carbocycles. The van der Waals surface area contributed by atoms with E-state index in [4.69, 9.17) is 4.74 Å². The fourth-order valence-corrected chi connectivity index (χ4v) is 8.91. The Kier molecular flexibility index (Phi) is 7.96. The van der Waals surface area contributed by atoms with Crippen LogP contribution < -0.4 is 0 Å². The molecule has 2 amide bonds. The molecule has 1 spiro atoms. The Hall–Kier alpha value is -1.80. The second-order valence-electron chi connectivity index (χ2n) is 11.5. The topological polar surface area (TPSA) is 87.2 Å². The molecular formula is C28H42N2O5S. The molecule has 7 nitrogen and oxygen atoms in total. The number of aliphatic hydroxyl groups excluding tert-OH is 1. The van der Waals surface area contributed by atoms with Gasteiger partial charge in [0.25, 0.3) is 0 Å². The number of amides is 2. The Morgan fingerprint density at radius 2 is 1.89 bits per heavy atom. The average molecular weight is 519 g/mol. The SMILES string of the molecule is CCCC(C)N1CC=C[C@]23S[C@]4(C)/C=C\CCCOC(=O)[C@@H]4[C@H]2C(=O)N([C@@H](CO)CC(C)C)C3C1=O. The zero-order valence-electron chi connectivity index (χ0n) is 22.3. The molecule has 0 aromatic rings. The maximum Gasteiger partial charge on any atom is 0.311 e. The third kappa shape index (κ3) is 4.42. The molecule has 8 heteroatoms. The molecule has 0 aromatic carbocycles. The standard InChI is InChI=1S/C28H42N2O5S/c1-6-11-19(4)29-14-10-13-28-21(22-26(34)35-15-9-7-8-12-27(22,5)36-28)24(32)30(23(28)25(29)33)20(17-31)16-18(2)3/h8,10,12-13,18-23,31H,6-7,9,11,14-17H2,1-5H3/b12-8-/t19?,20-,21+,22+,23?,27-,28+/m1/s1. The van der Waals surface area contributed by atoms with Crippen LogP contribution >= 0.6 is 11.8 Å². The number of carbonyl (C=O) groups excluding carboxylic acids is 3. The number of aliphatic hydroxyl groups is 1. The van der Waals surface area contributed by atoms with Crippen molar-refractivity contribution in [3.8, 4) is 0 Å². The molecule has 7 atom stereocenters. The van der Waals surface area contributed by atoms with E-state index in [2.05, 4.69) is 39.8 Å². The number of allylic oxidation sites excluding steroid dienone is 1. The van der Waals surface area contributed by atoms with E-state index in [1.807, 2.05) is 24.0 Å². The Balaban J connectivity index is 1.88. The highest BCUT2D eigenvalue weighted by molar-refractivity contribution is 8.02. The van der Waals surface area contributed by atoms with E-state index in [9.17, 15) is 19.5 Å². The normalized spacial score (nSPS) is 36.9. The molecule has 200 valence electrons. The summed E-state index contributed by atoms with van der Waals surface area (Å²) in [5.74, 6) is -1.86. The van der Waals surface area contributed by atoms with Crippen LogP contribution in [-0.2, 0) is 19.1 Å². The lowest BCUT2D eigenvalue weighted by Crippen LogP contribution is -2.58. The summed E-state index contributed by atoms with van der Waals surface area (Å²) in [6.45, 7) is 10.9. The van der Waals surface area contributed by atoms with Crippen LogP contribution in [0.3, 0.4) is 0 Å². The second-order valence-corrected chi connectivity index (χ2v) is 13.2. The van der Waals surface area contributed by atoms with Gasteiger partial charge in [-0.3, -0.25) is 14.4 Å². The fourth-order valence-electron chi connectivity index (χ4n) is 6.77. The van der Waals surface area contributed by atoms with Gasteiger partial charge in [-0.2, -0.15) is 0 Å². The molecule has 36 heavy (non-hydrogen) atoms. The highest BCUT2D eigenvalue weighted by Gasteiger charge is 2.74. The Labute approximate surface area is 219 Å². The quantitative estimate of drug-likeness (QED) is 0.410. The third-order valence-corrected chi connectivity index (χ3v) is 10.1. The number of ether oxygens (including phenoxy) is 1. The molecule has 0 aliphatic carbocycles. The minimum absolute atomic E-state index is 0.0278. The summed E-state index contributed by atoms with van der Waals surface area (Å²) in [7, 11) is 0. The van der Waals surface area contributed by atoms with Gasteiger partial charge in [0.2, 0.25) is 11.8 Å². The third-order valence-electron chi connectivity index (χ3n) is 8.31. The number of fused-ring (bicyclic) bond motifs is 2. The van der Waals surface area contributed by atoms with Crippen molar-refractivity contribution in [2.75, 3.05) is 19.8 Å². The van der Waals surface area contributed by atoms with E-state index in [1.165, 1.54) is 0 Å². The van der Waals surface area contributed by atoms with Crippen molar-refractivity contribution < 1.29 is 24.2 Å². The van der Waals surface area contributed by atoms with Crippen molar-refractivity contribution in [1.82, 2.24) is 9.80 Å². The molecule has 4 aliphatic heterocycles. The largest absolute Gasteiger partial charge is 0.465 e. The number of cyclic esters (lactones) is 1. The first-order valence-corrected chi connectivity index (χ1v) is 14.4. The van der Waals surface area contributed by atoms with Crippen molar-refractivity contribution in [2.45, 2.75) is 94.3 Å². The molecule has 4 heterocycles. The van der Waals surface area contributed by atoms with E-state index >= 15 is 0 Å². The predicted octanol–water partition coefficient (Wildman–Crippen LogP) is 3.56. The van der Waals surface area contributed by atoms with Gasteiger partial charge >= 0.3 is 5.97 Å². The van der Waals surface area contributed by atoms with Crippen molar-refractivity contribution >= 4 is 29.5 Å². The summed E-state index contributed by atoms with van der Waals surface area (Å²) < 4.78 is 4.10. The molecule has 4 rings (SSSR count). The first-order chi connectivity index (χ1) is 17.1. The molecule has 0 radical (unpaired) electrons. The fraction of sp³-hybridized carbons (Fsp3) is 0.750. The minimum Gasteiger partial charge on any atom is -0.465 e. The van der Waals surface area contributed by atoms with E-state index < -0.39 is 33.4 Å². The van der Waals surface area contributed by atoms with Crippen LogP contribution in [0.1, 0.15) is 66.7 Å². The van der Waals surface area contributed by atoms with Gasteiger partial charge in [0.1, 0.15) is 6.04 Å². The van der Waals surface area contributed by atoms with E-state index in [1.54, 1.807) is 16.7 Å². The van der Waals surface area contributed by atoms with E-state index in [0.29, 0.717) is 19.6 Å². The minimum atomic E-state index is -0.902. The average Bonchev–Trinajstić information content (AvgIpc) is 3.17. The molecule has 4 aliphatic rings. The van der Waals surface area contributed by atoms with E-state index in [0.717, 1.165) is 25.7 Å². The van der Waals surface area contributed by atoms with Crippen LogP contribution in [0.4, 0.5) is 0 Å². The second kappa shape index (κ2) is 10.5. The highest BCUT2D eigenvalue weighted by atomic mass is 32.2. The monoisotopic (exact) mass is 518 g/mol. The summed E-state index contributed by atoms with van der Waals surface area (Å²) >= 11 is 1.57. The molecular weight excluding hydrogens is 476 g/mol. The lowest BCUT2D eigenvalue weighted by Gasteiger charge is -2.41. The molecule has 2 unspecified atom stereocenters. The van der Waals surface area contributed by atoms with E-state index in [-0.39, 0.29) is 36.4 Å². The lowest BCUT2D eigenvalue weighted by atomic mass is 9.74. The Morgan fingerprint density at radius 3 is 2.56 bits per heavy atom. The van der Waals surface area contributed by atoms with Gasteiger partial charge in [0.05, 0.1) is 35.8 Å². The van der Waals surface area contributed by atoms with Crippen LogP contribution in [0.5, 0.6) is 0 Å². The number of thioether (sulfide) groups is 1. The highest BCUT2D eigenvalue weighted by Crippen LogP contribution is 2.65. The number of likely N-dealkylation sites (tertiary alicyclic amines) is 1. The summed E-state index contributed by atoms with van der Waals surface area (Å²) in [5, 5.41) is 10.4. The van der Waals surface area contributed by atoms with Gasteiger partial charge in [-0.15, -0.1) is 11.8 Å². The lowest BCUT2D eigenvalue weighted by molar-refractivity contribution is -0.154. The molecule has 0 bridgehead atoms. The van der Waals surface area contributed by atoms with Crippen LogP contribution in [0.15, 0.2) is 24.3 Å². The number of nitrogens with zero attached hydrogens (tertiary/aromatic N) is 2. The van der Waals surface area contributed by atoms with Gasteiger partial charge < -0.3 is 19.6 Å². The number of carbonyl (C=O) groups is 3. The number of esters is 1. The van der Waals surface area contributed by atoms with Crippen molar-refractivity contribution in [2.24, 2.45) is 17.8 Å². The number of hydrogen-bond acceptors (Lipinski definition) is 6. The zero-order valence-corrected chi connectivity index (χ0v) is 23.1. The van der Waals surface area contributed by atoms with Gasteiger partial charge in [-0.25, -0.2) is 0 Å². The maximum atomic E-state index is 14.4. The van der Waals surface area contributed by atoms with Crippen molar-refractivity contribution in [3.63, 3.8) is 0 Å². The van der Waals surface area contributed by atoms with Crippen LogP contribution in [0, 0.1) is 17.8 Å². The summed E-state index contributed by atoms with van der Waals surface area (Å²) in [4.78, 5) is 45.8. The van der Waals surface area contributed by atoms with Gasteiger partial charge in [0.15, 0.2) is 0 Å². The van der Waals surface area contributed by atoms with Crippen LogP contribution in [-0.4, -0.2) is 80.1 Å². The summed E-state index contributed by atoms with van der Waals surface area (Å²) in [5.41, 5.74) is 0. The van der Waals surface area contributed by atoms with Gasteiger partial charge in [0, 0.05) is 17.3 Å². The summed E-state index contributed by atoms with van der Waals surface area (Å²) in [6, 6.07) is -1.24. The molecule has 0 aromatic heterocycles. The maximum absolute atomic E-state index is 14.4. The molecule has 1 N–H and O–H groups in total. The van der Waals surface area contributed by atoms with Crippen LogP contribution in [0.25, 0.3) is 0 Å². The number of rotatable bonds is 7. The van der Waals surface area contributed by atoms with Crippen LogP contribution in [0.2, 0.25) is 0 Å². The number of hydrogen-bond donors (Lipinski definition) is 1. The Bertz CT molecular complexity index is 935. The summed E-state index contributed by atoms with van der Waals surface area (Å²) in [6.07, 6.45) is 12.2.